The Hall–Kier alpha value is -1.58. The predicted molar refractivity (Wildman–Crippen MR) is 99.5 cm³/mol. The number of aryl methyl sites for hydroxylation is 1. The van der Waals surface area contributed by atoms with E-state index in [1.165, 1.54) is 4.90 Å². The van der Waals surface area contributed by atoms with E-state index >= 15 is 0 Å². The van der Waals surface area contributed by atoms with Crippen LogP contribution in [0.5, 0.6) is 0 Å². The molecule has 1 aromatic heterocycles. The number of amides is 1. The molecule has 2 N–H and O–H groups in total. The van der Waals surface area contributed by atoms with Crippen LogP contribution in [0.15, 0.2) is 36.1 Å². The maximum atomic E-state index is 11.5. The van der Waals surface area contributed by atoms with E-state index in [-0.39, 0.29) is 36.4 Å². The number of guanidine groups is 1. The molecule has 7 nitrogen and oxygen atoms in total. The van der Waals surface area contributed by atoms with Crippen LogP contribution in [0.4, 0.5) is 0 Å². The van der Waals surface area contributed by atoms with Crippen molar-refractivity contribution in [3.05, 3.63) is 31.1 Å². The molecule has 0 bridgehead atoms. The number of halogens is 1. The summed E-state index contributed by atoms with van der Waals surface area (Å²) >= 11 is 0. The molecular formula is C14H25IN6O. The standard InChI is InChI=1S/C14H24N6O.HI/c1-4-7-15-14(17-12-13(21)19(2)3)16-8-5-10-20-11-6-9-18-20;/h4,6,9,11H,1,5,7-8,10,12H2,2-3H3,(H2,15,16,17);1H. The fourth-order valence-electron chi connectivity index (χ4n) is 1.51. The molecule has 0 aromatic carbocycles. The van der Waals surface area contributed by atoms with Gasteiger partial charge in [-0.15, -0.1) is 30.6 Å². The van der Waals surface area contributed by atoms with Gasteiger partial charge in [0.15, 0.2) is 5.96 Å². The average Bonchev–Trinajstić information content (AvgIpc) is 2.98. The number of hydrogen-bond acceptors (Lipinski definition) is 3. The van der Waals surface area contributed by atoms with E-state index in [1.54, 1.807) is 26.4 Å². The number of likely N-dealkylation sites (N-methyl/N-ethyl adjacent to an activating group) is 1. The SMILES string of the molecule is C=CCNC(=NCC(=O)N(C)C)NCCCn1cccn1.I. The van der Waals surface area contributed by atoms with E-state index < -0.39 is 0 Å². The summed E-state index contributed by atoms with van der Waals surface area (Å²) in [5.74, 6) is 0.580. The van der Waals surface area contributed by atoms with Crippen LogP contribution in [0.1, 0.15) is 6.42 Å². The summed E-state index contributed by atoms with van der Waals surface area (Å²) in [5.41, 5.74) is 0. The first-order chi connectivity index (χ1) is 10.1. The lowest BCUT2D eigenvalue weighted by Gasteiger charge is -2.12. The second-order valence-corrected chi connectivity index (χ2v) is 4.67. The average molecular weight is 420 g/mol. The number of rotatable bonds is 8. The van der Waals surface area contributed by atoms with Crippen molar-refractivity contribution in [2.45, 2.75) is 13.0 Å². The highest BCUT2D eigenvalue weighted by Crippen LogP contribution is 1.88. The third-order valence-electron chi connectivity index (χ3n) is 2.70. The Morgan fingerprint density at radius 1 is 1.45 bits per heavy atom. The van der Waals surface area contributed by atoms with Crippen LogP contribution in [0, 0.1) is 0 Å². The first kappa shape index (κ1) is 20.4. The first-order valence-electron chi connectivity index (χ1n) is 6.94. The molecule has 0 saturated heterocycles. The van der Waals surface area contributed by atoms with Gasteiger partial charge < -0.3 is 15.5 Å². The quantitative estimate of drug-likeness (QED) is 0.214. The first-order valence-corrected chi connectivity index (χ1v) is 6.94. The minimum absolute atomic E-state index is 0. The van der Waals surface area contributed by atoms with Crippen molar-refractivity contribution in [2.24, 2.45) is 4.99 Å². The normalized spacial score (nSPS) is 10.5. The van der Waals surface area contributed by atoms with Crippen molar-refractivity contribution in [3.8, 4) is 0 Å². The summed E-state index contributed by atoms with van der Waals surface area (Å²) in [6.45, 7) is 5.96. The summed E-state index contributed by atoms with van der Waals surface area (Å²) in [6.07, 6.45) is 6.35. The van der Waals surface area contributed by atoms with Crippen LogP contribution in [-0.4, -0.2) is 60.3 Å². The van der Waals surface area contributed by atoms with Crippen LogP contribution < -0.4 is 10.6 Å². The summed E-state index contributed by atoms with van der Waals surface area (Å²) in [7, 11) is 3.43. The molecule has 1 heterocycles. The fourth-order valence-corrected chi connectivity index (χ4v) is 1.51. The monoisotopic (exact) mass is 420 g/mol. The van der Waals surface area contributed by atoms with Gasteiger partial charge >= 0.3 is 0 Å². The second-order valence-electron chi connectivity index (χ2n) is 4.67. The van der Waals surface area contributed by atoms with Gasteiger partial charge in [-0.1, -0.05) is 6.08 Å². The highest BCUT2D eigenvalue weighted by molar-refractivity contribution is 14.0. The molecule has 1 rings (SSSR count). The molecule has 1 aromatic rings. The molecule has 0 saturated carbocycles. The van der Waals surface area contributed by atoms with E-state index in [1.807, 2.05) is 16.9 Å². The zero-order chi connectivity index (χ0) is 15.5. The zero-order valence-electron chi connectivity index (χ0n) is 13.2. The van der Waals surface area contributed by atoms with Gasteiger partial charge in [-0.25, -0.2) is 4.99 Å². The minimum atomic E-state index is -0.0359. The summed E-state index contributed by atoms with van der Waals surface area (Å²) in [6, 6.07) is 1.90. The molecule has 0 aliphatic rings. The maximum absolute atomic E-state index is 11.5. The molecule has 0 aliphatic carbocycles. The Morgan fingerprint density at radius 2 is 2.23 bits per heavy atom. The predicted octanol–water partition coefficient (Wildman–Crippen LogP) is 0.701. The topological polar surface area (TPSA) is 74.6 Å². The van der Waals surface area contributed by atoms with E-state index in [4.69, 9.17) is 0 Å². The molecule has 8 heteroatoms. The Bertz CT molecular complexity index is 458. The molecule has 124 valence electrons. The minimum Gasteiger partial charge on any atom is -0.356 e. The smallest absolute Gasteiger partial charge is 0.243 e. The Labute approximate surface area is 148 Å². The number of carbonyl (C=O) groups excluding carboxylic acids is 1. The van der Waals surface area contributed by atoms with Gasteiger partial charge in [-0.3, -0.25) is 9.48 Å². The Kier molecular flexibility index (Phi) is 11.2. The van der Waals surface area contributed by atoms with E-state index in [2.05, 4.69) is 27.3 Å². The third-order valence-corrected chi connectivity index (χ3v) is 2.70. The molecule has 0 atom stereocenters. The molecular weight excluding hydrogens is 395 g/mol. The largest absolute Gasteiger partial charge is 0.356 e. The number of nitrogens with zero attached hydrogens (tertiary/aromatic N) is 4. The number of hydrogen-bond donors (Lipinski definition) is 2. The van der Waals surface area contributed by atoms with Gasteiger partial charge in [-0.05, 0) is 12.5 Å². The van der Waals surface area contributed by atoms with Crippen molar-refractivity contribution in [1.29, 1.82) is 0 Å². The molecule has 0 radical (unpaired) electrons. The van der Waals surface area contributed by atoms with E-state index in [0.29, 0.717) is 12.5 Å². The summed E-state index contributed by atoms with van der Waals surface area (Å²) < 4.78 is 1.88. The second kappa shape index (κ2) is 12.0. The molecule has 0 fully saturated rings. The lowest BCUT2D eigenvalue weighted by molar-refractivity contribution is -0.127. The van der Waals surface area contributed by atoms with Crippen LogP contribution in [-0.2, 0) is 11.3 Å². The Balaban J connectivity index is 0.00000441. The molecule has 0 aliphatic heterocycles. The van der Waals surface area contributed by atoms with Crippen molar-refractivity contribution in [1.82, 2.24) is 25.3 Å². The number of nitrogens with one attached hydrogen (secondary N) is 2. The number of carbonyl (C=O) groups is 1. The van der Waals surface area contributed by atoms with Crippen LogP contribution in [0.25, 0.3) is 0 Å². The van der Waals surface area contributed by atoms with Gasteiger partial charge in [-0.2, -0.15) is 5.10 Å². The fraction of sp³-hybridized carbons (Fsp3) is 0.500. The number of aliphatic imine (C=N–C) groups is 1. The van der Waals surface area contributed by atoms with Gasteiger partial charge in [0.2, 0.25) is 5.91 Å². The molecule has 22 heavy (non-hydrogen) atoms. The summed E-state index contributed by atoms with van der Waals surface area (Å²) in [4.78, 5) is 17.3. The van der Waals surface area contributed by atoms with Crippen molar-refractivity contribution >= 4 is 35.8 Å². The Morgan fingerprint density at radius 3 is 2.82 bits per heavy atom. The van der Waals surface area contributed by atoms with Crippen molar-refractivity contribution < 1.29 is 4.79 Å². The van der Waals surface area contributed by atoms with Crippen molar-refractivity contribution in [3.63, 3.8) is 0 Å². The van der Waals surface area contributed by atoms with Gasteiger partial charge in [0, 0.05) is 46.1 Å². The summed E-state index contributed by atoms with van der Waals surface area (Å²) in [5, 5.41) is 10.4. The van der Waals surface area contributed by atoms with Gasteiger partial charge in [0.05, 0.1) is 0 Å². The zero-order valence-corrected chi connectivity index (χ0v) is 15.5. The molecule has 1 amide bonds. The van der Waals surface area contributed by atoms with E-state index in [0.717, 1.165) is 19.5 Å². The van der Waals surface area contributed by atoms with Gasteiger partial charge in [0.25, 0.3) is 0 Å². The van der Waals surface area contributed by atoms with Crippen LogP contribution in [0.3, 0.4) is 0 Å². The number of aromatic nitrogens is 2. The maximum Gasteiger partial charge on any atom is 0.243 e. The molecule has 0 spiro atoms. The highest BCUT2D eigenvalue weighted by Gasteiger charge is 2.03. The molecule has 0 unspecified atom stereocenters. The van der Waals surface area contributed by atoms with Gasteiger partial charge in [0.1, 0.15) is 6.54 Å². The third kappa shape index (κ3) is 8.65. The van der Waals surface area contributed by atoms with Crippen molar-refractivity contribution in [2.75, 3.05) is 33.7 Å². The van der Waals surface area contributed by atoms with Crippen LogP contribution >= 0.6 is 24.0 Å². The highest BCUT2D eigenvalue weighted by atomic mass is 127. The lowest BCUT2D eigenvalue weighted by atomic mass is 10.4. The van der Waals surface area contributed by atoms with E-state index in [9.17, 15) is 4.79 Å². The van der Waals surface area contributed by atoms with Crippen LogP contribution in [0.2, 0.25) is 0 Å². The lowest BCUT2D eigenvalue weighted by Crippen LogP contribution is -2.39.